The molecule has 1 heterocycles. The van der Waals surface area contributed by atoms with Crippen LogP contribution in [0.3, 0.4) is 0 Å². The predicted octanol–water partition coefficient (Wildman–Crippen LogP) is 3.82. The molecule has 1 fully saturated rings. The van der Waals surface area contributed by atoms with E-state index in [1.165, 1.54) is 5.56 Å². The van der Waals surface area contributed by atoms with Gasteiger partial charge in [-0.2, -0.15) is 0 Å². The van der Waals surface area contributed by atoms with Crippen LogP contribution in [0.4, 0.5) is 0 Å². The van der Waals surface area contributed by atoms with Gasteiger partial charge in [0.05, 0.1) is 6.61 Å². The molecule has 1 aliphatic heterocycles. The van der Waals surface area contributed by atoms with Crippen molar-refractivity contribution in [2.24, 2.45) is 11.8 Å². The number of carbonyl (C=O) groups is 1. The molecule has 0 amide bonds. The number of hydrogen-bond acceptors (Lipinski definition) is 2. The second-order valence-corrected chi connectivity index (χ2v) is 6.33. The first-order valence-electron chi connectivity index (χ1n) is 7.10. The highest BCUT2D eigenvalue weighted by Crippen LogP contribution is 2.36. The Balaban J connectivity index is 1.85. The van der Waals surface area contributed by atoms with Crippen LogP contribution in [0.25, 0.3) is 0 Å². The molecule has 1 saturated carbocycles. The molecule has 2 aliphatic rings. The first-order valence-corrected chi connectivity index (χ1v) is 7.48. The Hall–Kier alpha value is -1.02. The molecule has 102 valence electrons. The highest BCUT2D eigenvalue weighted by atomic mass is 35.5. The maximum atomic E-state index is 12.1. The van der Waals surface area contributed by atoms with E-state index in [-0.39, 0.29) is 5.92 Å². The van der Waals surface area contributed by atoms with Gasteiger partial charge in [0.25, 0.3) is 0 Å². The average Bonchev–Trinajstić information content (AvgIpc) is 2.82. The van der Waals surface area contributed by atoms with Gasteiger partial charge in [0, 0.05) is 23.8 Å². The highest BCUT2D eigenvalue weighted by Gasteiger charge is 2.28. The lowest BCUT2D eigenvalue weighted by molar-refractivity contribution is -0.125. The smallest absolute Gasteiger partial charge is 0.136 e. The predicted molar refractivity (Wildman–Crippen MR) is 75.9 cm³/mol. The van der Waals surface area contributed by atoms with E-state index in [1.54, 1.807) is 0 Å². The van der Waals surface area contributed by atoms with Gasteiger partial charge in [-0.3, -0.25) is 4.79 Å². The van der Waals surface area contributed by atoms with Gasteiger partial charge in [0.1, 0.15) is 11.5 Å². The summed E-state index contributed by atoms with van der Waals surface area (Å²) in [7, 11) is 0. The Morgan fingerprint density at radius 2 is 2.21 bits per heavy atom. The number of fused-ring (bicyclic) bond motifs is 1. The monoisotopic (exact) mass is 278 g/mol. The lowest BCUT2D eigenvalue weighted by Gasteiger charge is -2.26. The van der Waals surface area contributed by atoms with Crippen LogP contribution < -0.4 is 4.74 Å². The number of carbonyl (C=O) groups excluding carboxylic acids is 1. The largest absolute Gasteiger partial charge is 0.493 e. The molecule has 2 unspecified atom stereocenters. The zero-order valence-electron chi connectivity index (χ0n) is 11.2. The van der Waals surface area contributed by atoms with Crippen LogP contribution in [0.2, 0.25) is 5.02 Å². The molecule has 1 aliphatic carbocycles. The van der Waals surface area contributed by atoms with Crippen molar-refractivity contribution < 1.29 is 9.53 Å². The van der Waals surface area contributed by atoms with Crippen LogP contribution in [-0.4, -0.2) is 12.4 Å². The molecule has 0 saturated heterocycles. The fourth-order valence-corrected chi connectivity index (χ4v) is 3.55. The van der Waals surface area contributed by atoms with Gasteiger partial charge in [0.2, 0.25) is 0 Å². The maximum Gasteiger partial charge on any atom is 0.136 e. The zero-order chi connectivity index (χ0) is 13.4. The second-order valence-electron chi connectivity index (χ2n) is 5.90. The Kier molecular flexibility index (Phi) is 3.53. The SMILES string of the molecule is CC1CCC(=O)C(Cc2cc(Cl)cc3c2OCC3)C1. The first-order chi connectivity index (χ1) is 9.13. The summed E-state index contributed by atoms with van der Waals surface area (Å²) in [5.41, 5.74) is 2.31. The van der Waals surface area contributed by atoms with E-state index in [1.807, 2.05) is 12.1 Å². The van der Waals surface area contributed by atoms with Gasteiger partial charge in [-0.25, -0.2) is 0 Å². The van der Waals surface area contributed by atoms with E-state index < -0.39 is 0 Å². The highest BCUT2D eigenvalue weighted by molar-refractivity contribution is 6.30. The molecular formula is C16H19ClO2. The second kappa shape index (κ2) is 5.16. The summed E-state index contributed by atoms with van der Waals surface area (Å²) in [5.74, 6) is 2.19. The Labute approximate surface area is 119 Å². The third-order valence-corrected chi connectivity index (χ3v) is 4.54. The lowest BCUT2D eigenvalue weighted by Crippen LogP contribution is -2.25. The van der Waals surface area contributed by atoms with Gasteiger partial charge in [0.15, 0.2) is 0 Å². The van der Waals surface area contributed by atoms with Crippen molar-refractivity contribution in [1.29, 1.82) is 0 Å². The summed E-state index contributed by atoms with van der Waals surface area (Å²) in [6, 6.07) is 3.96. The third kappa shape index (κ3) is 2.64. The van der Waals surface area contributed by atoms with E-state index in [0.717, 1.165) is 55.0 Å². The molecule has 2 nitrogen and oxygen atoms in total. The van der Waals surface area contributed by atoms with Gasteiger partial charge in [-0.05, 0) is 48.4 Å². The summed E-state index contributed by atoms with van der Waals surface area (Å²) < 4.78 is 5.72. The van der Waals surface area contributed by atoms with Crippen molar-refractivity contribution in [2.75, 3.05) is 6.61 Å². The molecule has 0 aromatic heterocycles. The Morgan fingerprint density at radius 3 is 3.05 bits per heavy atom. The van der Waals surface area contributed by atoms with Crippen LogP contribution in [0, 0.1) is 11.8 Å². The van der Waals surface area contributed by atoms with Crippen LogP contribution in [0.15, 0.2) is 12.1 Å². The maximum absolute atomic E-state index is 12.1. The van der Waals surface area contributed by atoms with Crippen LogP contribution >= 0.6 is 11.6 Å². The molecular weight excluding hydrogens is 260 g/mol. The molecule has 0 radical (unpaired) electrons. The molecule has 0 spiro atoms. The van der Waals surface area contributed by atoms with E-state index in [0.29, 0.717) is 11.7 Å². The minimum Gasteiger partial charge on any atom is -0.493 e. The van der Waals surface area contributed by atoms with Crippen molar-refractivity contribution in [3.63, 3.8) is 0 Å². The number of hydrogen-bond donors (Lipinski definition) is 0. The summed E-state index contributed by atoms with van der Waals surface area (Å²) in [6.45, 7) is 2.97. The van der Waals surface area contributed by atoms with Crippen LogP contribution in [0.5, 0.6) is 5.75 Å². The normalized spacial score (nSPS) is 26.1. The van der Waals surface area contributed by atoms with Crippen LogP contribution in [-0.2, 0) is 17.6 Å². The van der Waals surface area contributed by atoms with Gasteiger partial charge < -0.3 is 4.74 Å². The minimum atomic E-state index is 0.149. The fraction of sp³-hybridized carbons (Fsp3) is 0.562. The van der Waals surface area contributed by atoms with Crippen molar-refractivity contribution in [3.05, 3.63) is 28.3 Å². The minimum absolute atomic E-state index is 0.149. The fourth-order valence-electron chi connectivity index (χ4n) is 3.29. The number of rotatable bonds is 2. The average molecular weight is 279 g/mol. The van der Waals surface area contributed by atoms with Crippen molar-refractivity contribution in [1.82, 2.24) is 0 Å². The van der Waals surface area contributed by atoms with Crippen LogP contribution in [0.1, 0.15) is 37.3 Å². The van der Waals surface area contributed by atoms with E-state index >= 15 is 0 Å². The lowest BCUT2D eigenvalue weighted by atomic mass is 9.78. The molecule has 19 heavy (non-hydrogen) atoms. The standard InChI is InChI=1S/C16H19ClO2/c1-10-2-3-15(18)12(6-10)7-13-9-14(17)8-11-4-5-19-16(11)13/h8-10,12H,2-7H2,1H3. The van der Waals surface area contributed by atoms with Crippen molar-refractivity contribution in [2.45, 2.75) is 39.0 Å². The Bertz CT molecular complexity index is 510. The molecule has 3 rings (SSSR count). The molecule has 0 bridgehead atoms. The molecule has 1 aromatic carbocycles. The Morgan fingerprint density at radius 1 is 1.37 bits per heavy atom. The summed E-state index contributed by atoms with van der Waals surface area (Å²) in [5, 5.41) is 0.760. The number of halogens is 1. The molecule has 0 N–H and O–H groups in total. The number of ketones is 1. The zero-order valence-corrected chi connectivity index (χ0v) is 12.0. The molecule has 3 heteroatoms. The number of ether oxygens (including phenoxy) is 1. The van der Waals surface area contributed by atoms with Crippen molar-refractivity contribution >= 4 is 17.4 Å². The summed E-state index contributed by atoms with van der Waals surface area (Å²) in [4.78, 5) is 12.1. The van der Waals surface area contributed by atoms with E-state index in [4.69, 9.17) is 16.3 Å². The van der Waals surface area contributed by atoms with Gasteiger partial charge in [-0.1, -0.05) is 18.5 Å². The molecule has 1 aromatic rings. The van der Waals surface area contributed by atoms with Gasteiger partial charge in [-0.15, -0.1) is 0 Å². The topological polar surface area (TPSA) is 26.3 Å². The quantitative estimate of drug-likeness (QED) is 0.822. The van der Waals surface area contributed by atoms with E-state index in [9.17, 15) is 4.79 Å². The third-order valence-electron chi connectivity index (χ3n) is 4.32. The number of benzene rings is 1. The van der Waals surface area contributed by atoms with E-state index in [2.05, 4.69) is 6.92 Å². The van der Waals surface area contributed by atoms with Crippen molar-refractivity contribution in [3.8, 4) is 5.75 Å². The summed E-state index contributed by atoms with van der Waals surface area (Å²) in [6.07, 6.45) is 4.49. The summed E-state index contributed by atoms with van der Waals surface area (Å²) >= 11 is 6.17. The van der Waals surface area contributed by atoms with Gasteiger partial charge >= 0.3 is 0 Å². The molecule has 2 atom stereocenters. The number of Topliss-reactive ketones (excluding diaryl/α,β-unsaturated/α-hetero) is 1. The first kappa shape index (κ1) is 13.0.